The molecule has 1 heterocycles. The van der Waals surface area contributed by atoms with Crippen LogP contribution in [0.25, 0.3) is 0 Å². The standard InChI is InChI=1S/C10H10INO2/c1-7-6-14-10(13)12(7)9-4-2-8(11)3-5-9/h2-5,7H,6H2,1H3. The molecule has 74 valence electrons. The van der Waals surface area contributed by atoms with Crippen LogP contribution in [0.2, 0.25) is 0 Å². The molecule has 1 saturated heterocycles. The van der Waals surface area contributed by atoms with Crippen LogP contribution in [0.5, 0.6) is 0 Å². The highest BCUT2D eigenvalue weighted by Crippen LogP contribution is 2.23. The number of ether oxygens (including phenoxy) is 1. The quantitative estimate of drug-likeness (QED) is 0.747. The van der Waals surface area contributed by atoms with Crippen molar-refractivity contribution >= 4 is 34.4 Å². The SMILES string of the molecule is CC1COC(=O)N1c1ccc(I)cc1. The van der Waals surface area contributed by atoms with Crippen molar-refractivity contribution in [2.45, 2.75) is 13.0 Å². The Bertz CT molecular complexity index is 350. The first-order valence-electron chi connectivity index (χ1n) is 4.40. The Kier molecular flexibility index (Phi) is 2.62. The van der Waals surface area contributed by atoms with Crippen LogP contribution in [0.3, 0.4) is 0 Å². The molecule has 2 rings (SSSR count). The Labute approximate surface area is 96.2 Å². The molecule has 0 bridgehead atoms. The second-order valence-electron chi connectivity index (χ2n) is 3.27. The van der Waals surface area contributed by atoms with Crippen molar-refractivity contribution in [2.24, 2.45) is 0 Å². The molecule has 0 radical (unpaired) electrons. The van der Waals surface area contributed by atoms with Crippen LogP contribution >= 0.6 is 22.6 Å². The average molecular weight is 303 g/mol. The number of halogens is 1. The molecule has 1 aliphatic rings. The summed E-state index contributed by atoms with van der Waals surface area (Å²) in [5.74, 6) is 0. The third-order valence-electron chi connectivity index (χ3n) is 2.19. The molecule has 0 aromatic heterocycles. The van der Waals surface area contributed by atoms with Gasteiger partial charge in [0, 0.05) is 9.26 Å². The molecule has 0 N–H and O–H groups in total. The van der Waals surface area contributed by atoms with E-state index >= 15 is 0 Å². The number of carbonyl (C=O) groups is 1. The number of carbonyl (C=O) groups excluding carboxylic acids is 1. The van der Waals surface area contributed by atoms with Gasteiger partial charge in [-0.2, -0.15) is 0 Å². The first-order valence-corrected chi connectivity index (χ1v) is 5.48. The summed E-state index contributed by atoms with van der Waals surface area (Å²) in [5, 5.41) is 0. The fourth-order valence-corrected chi connectivity index (χ4v) is 1.84. The van der Waals surface area contributed by atoms with Gasteiger partial charge in [0.2, 0.25) is 0 Å². The maximum absolute atomic E-state index is 11.4. The summed E-state index contributed by atoms with van der Waals surface area (Å²) in [7, 11) is 0. The van der Waals surface area contributed by atoms with Gasteiger partial charge in [-0.25, -0.2) is 4.79 Å². The van der Waals surface area contributed by atoms with E-state index in [0.717, 1.165) is 9.26 Å². The predicted molar refractivity (Wildman–Crippen MR) is 62.4 cm³/mol. The van der Waals surface area contributed by atoms with E-state index in [4.69, 9.17) is 4.74 Å². The highest BCUT2D eigenvalue weighted by atomic mass is 127. The molecule has 0 aliphatic carbocycles. The zero-order valence-electron chi connectivity index (χ0n) is 7.74. The molecule has 14 heavy (non-hydrogen) atoms. The lowest BCUT2D eigenvalue weighted by molar-refractivity contribution is 0.179. The number of rotatable bonds is 1. The minimum Gasteiger partial charge on any atom is -0.447 e. The molecule has 1 aliphatic heterocycles. The molecule has 1 aromatic carbocycles. The zero-order chi connectivity index (χ0) is 10.1. The zero-order valence-corrected chi connectivity index (χ0v) is 9.89. The second-order valence-corrected chi connectivity index (χ2v) is 4.52. The maximum atomic E-state index is 11.4. The molecule has 4 heteroatoms. The lowest BCUT2D eigenvalue weighted by Gasteiger charge is -2.17. The van der Waals surface area contributed by atoms with Gasteiger partial charge in [0.25, 0.3) is 0 Å². The van der Waals surface area contributed by atoms with Crippen LogP contribution in [0.4, 0.5) is 10.5 Å². The van der Waals surface area contributed by atoms with Gasteiger partial charge in [-0.05, 0) is 53.8 Å². The van der Waals surface area contributed by atoms with E-state index in [-0.39, 0.29) is 12.1 Å². The first kappa shape index (κ1) is 9.76. The Hall–Kier alpha value is -0.780. The minimum absolute atomic E-state index is 0.127. The molecule has 0 saturated carbocycles. The molecule has 0 spiro atoms. The summed E-state index contributed by atoms with van der Waals surface area (Å²) in [4.78, 5) is 13.0. The highest BCUT2D eigenvalue weighted by molar-refractivity contribution is 14.1. The fraction of sp³-hybridized carbons (Fsp3) is 0.300. The van der Waals surface area contributed by atoms with Gasteiger partial charge in [-0.3, -0.25) is 4.90 Å². The molecular formula is C10H10INO2. The van der Waals surface area contributed by atoms with Gasteiger partial charge < -0.3 is 4.74 Å². The van der Waals surface area contributed by atoms with Crippen LogP contribution in [-0.4, -0.2) is 18.7 Å². The van der Waals surface area contributed by atoms with E-state index in [1.165, 1.54) is 0 Å². The normalized spacial score (nSPS) is 21.1. The monoisotopic (exact) mass is 303 g/mol. The Morgan fingerprint density at radius 2 is 2.07 bits per heavy atom. The van der Waals surface area contributed by atoms with Crippen molar-refractivity contribution < 1.29 is 9.53 Å². The molecule has 1 fully saturated rings. The van der Waals surface area contributed by atoms with E-state index in [1.807, 2.05) is 31.2 Å². The fourth-order valence-electron chi connectivity index (χ4n) is 1.48. The predicted octanol–water partition coefficient (Wildman–Crippen LogP) is 2.64. The molecular weight excluding hydrogens is 293 g/mol. The molecule has 1 amide bonds. The summed E-state index contributed by atoms with van der Waals surface area (Å²) in [5.41, 5.74) is 0.903. The van der Waals surface area contributed by atoms with Crippen LogP contribution in [0.15, 0.2) is 24.3 Å². The van der Waals surface area contributed by atoms with Crippen molar-refractivity contribution in [3.05, 3.63) is 27.8 Å². The van der Waals surface area contributed by atoms with E-state index in [1.54, 1.807) is 4.90 Å². The lowest BCUT2D eigenvalue weighted by Crippen LogP contribution is -2.30. The summed E-state index contributed by atoms with van der Waals surface area (Å²) in [6.45, 7) is 2.45. The van der Waals surface area contributed by atoms with Gasteiger partial charge >= 0.3 is 6.09 Å². The van der Waals surface area contributed by atoms with Crippen molar-refractivity contribution in [3.8, 4) is 0 Å². The highest BCUT2D eigenvalue weighted by Gasteiger charge is 2.30. The van der Waals surface area contributed by atoms with E-state index < -0.39 is 0 Å². The molecule has 1 aromatic rings. The smallest absolute Gasteiger partial charge is 0.414 e. The number of hydrogen-bond donors (Lipinski definition) is 0. The van der Waals surface area contributed by atoms with Crippen LogP contribution in [0, 0.1) is 3.57 Å². The summed E-state index contributed by atoms with van der Waals surface area (Å²) < 4.78 is 6.11. The number of amides is 1. The second kappa shape index (κ2) is 3.76. The number of benzene rings is 1. The number of anilines is 1. The van der Waals surface area contributed by atoms with Crippen molar-refractivity contribution in [2.75, 3.05) is 11.5 Å². The van der Waals surface area contributed by atoms with E-state index in [2.05, 4.69) is 22.6 Å². The Morgan fingerprint density at radius 3 is 2.57 bits per heavy atom. The first-order chi connectivity index (χ1) is 6.68. The van der Waals surface area contributed by atoms with Crippen LogP contribution < -0.4 is 4.90 Å². The van der Waals surface area contributed by atoms with E-state index in [0.29, 0.717) is 6.61 Å². The number of hydrogen-bond acceptors (Lipinski definition) is 2. The molecule has 1 atom stereocenters. The molecule has 1 unspecified atom stereocenters. The maximum Gasteiger partial charge on any atom is 0.414 e. The minimum atomic E-state index is -0.251. The summed E-state index contributed by atoms with van der Waals surface area (Å²) >= 11 is 2.24. The third-order valence-corrected chi connectivity index (χ3v) is 2.91. The third kappa shape index (κ3) is 1.70. The van der Waals surface area contributed by atoms with Crippen molar-refractivity contribution in [1.82, 2.24) is 0 Å². The van der Waals surface area contributed by atoms with Crippen LogP contribution in [-0.2, 0) is 4.74 Å². The Balaban J connectivity index is 2.30. The van der Waals surface area contributed by atoms with Crippen molar-refractivity contribution in [1.29, 1.82) is 0 Å². The Morgan fingerprint density at radius 1 is 1.43 bits per heavy atom. The van der Waals surface area contributed by atoms with E-state index in [9.17, 15) is 4.79 Å². The van der Waals surface area contributed by atoms with Gasteiger partial charge in [0.05, 0.1) is 6.04 Å². The summed E-state index contributed by atoms with van der Waals surface area (Å²) in [6, 6.07) is 7.96. The largest absolute Gasteiger partial charge is 0.447 e. The van der Waals surface area contributed by atoms with Gasteiger partial charge in [-0.1, -0.05) is 0 Å². The van der Waals surface area contributed by atoms with Gasteiger partial charge in [0.1, 0.15) is 6.61 Å². The van der Waals surface area contributed by atoms with Crippen molar-refractivity contribution in [3.63, 3.8) is 0 Å². The topological polar surface area (TPSA) is 29.5 Å². The van der Waals surface area contributed by atoms with Gasteiger partial charge in [0.15, 0.2) is 0 Å². The van der Waals surface area contributed by atoms with Crippen LogP contribution in [0.1, 0.15) is 6.92 Å². The average Bonchev–Trinajstić information content (AvgIpc) is 2.49. The van der Waals surface area contributed by atoms with Gasteiger partial charge in [-0.15, -0.1) is 0 Å². The molecule has 3 nitrogen and oxygen atoms in total. The summed E-state index contributed by atoms with van der Waals surface area (Å²) in [6.07, 6.45) is -0.251. The lowest BCUT2D eigenvalue weighted by atomic mass is 10.2. The number of nitrogens with zero attached hydrogens (tertiary/aromatic N) is 1. The number of cyclic esters (lactones) is 1.